The van der Waals surface area contributed by atoms with Gasteiger partial charge < -0.3 is 9.88 Å². The molecule has 0 aliphatic heterocycles. The van der Waals surface area contributed by atoms with Crippen LogP contribution in [-0.4, -0.2) is 19.3 Å². The fourth-order valence-electron chi connectivity index (χ4n) is 2.70. The van der Waals surface area contributed by atoms with Gasteiger partial charge in [-0.15, -0.1) is 0 Å². The van der Waals surface area contributed by atoms with Crippen LogP contribution < -0.4 is 5.32 Å². The Morgan fingerprint density at radius 2 is 2.09 bits per heavy atom. The normalized spacial score (nSPS) is 11.1. The lowest BCUT2D eigenvalue weighted by atomic mass is 10.1. The Hall–Kier alpha value is -2.56. The first-order valence-corrected chi connectivity index (χ1v) is 7.93. The summed E-state index contributed by atoms with van der Waals surface area (Å²) in [5.74, 6) is 1.55. The van der Waals surface area contributed by atoms with Crippen molar-refractivity contribution in [2.75, 3.05) is 5.32 Å². The van der Waals surface area contributed by atoms with Crippen LogP contribution in [0.4, 0.5) is 5.69 Å². The van der Waals surface area contributed by atoms with Gasteiger partial charge in [-0.05, 0) is 17.7 Å². The van der Waals surface area contributed by atoms with E-state index in [1.165, 1.54) is 11.1 Å². The maximum absolute atomic E-state index is 4.45. The van der Waals surface area contributed by atoms with Gasteiger partial charge in [0.05, 0.1) is 6.20 Å². The van der Waals surface area contributed by atoms with E-state index in [9.17, 15) is 0 Å². The van der Waals surface area contributed by atoms with E-state index in [1.807, 2.05) is 36.5 Å². The summed E-state index contributed by atoms with van der Waals surface area (Å²) < 4.78 is 4.03. The highest BCUT2D eigenvalue weighted by Gasteiger charge is 2.07. The fraction of sp³-hybridized carbons (Fsp3) is 0.333. The van der Waals surface area contributed by atoms with E-state index in [-0.39, 0.29) is 0 Å². The van der Waals surface area contributed by atoms with Gasteiger partial charge in [0.2, 0.25) is 0 Å². The molecule has 0 aliphatic rings. The molecule has 0 spiro atoms. The maximum atomic E-state index is 4.45. The van der Waals surface area contributed by atoms with Gasteiger partial charge in [-0.3, -0.25) is 4.68 Å². The molecule has 3 aromatic rings. The number of rotatable bonds is 6. The summed E-state index contributed by atoms with van der Waals surface area (Å²) in [4.78, 5) is 4.45. The van der Waals surface area contributed by atoms with Crippen LogP contribution in [0.5, 0.6) is 0 Å². The first kappa shape index (κ1) is 15.3. The number of hydrogen-bond acceptors (Lipinski definition) is 3. The Balaban J connectivity index is 1.68. The Morgan fingerprint density at radius 1 is 1.22 bits per heavy atom. The summed E-state index contributed by atoms with van der Waals surface area (Å²) in [6.45, 7) is 5.96. The SMILES string of the molecule is CC(C)c1nccn1Cc1cccc(NCc2cnn(C)c2)c1. The van der Waals surface area contributed by atoms with Gasteiger partial charge in [0.25, 0.3) is 0 Å². The third kappa shape index (κ3) is 3.80. The first-order chi connectivity index (χ1) is 11.1. The van der Waals surface area contributed by atoms with Crippen LogP contribution in [0.3, 0.4) is 0 Å². The third-order valence-electron chi connectivity index (χ3n) is 3.80. The number of aromatic nitrogens is 4. The minimum atomic E-state index is 0.428. The van der Waals surface area contributed by atoms with E-state index >= 15 is 0 Å². The number of nitrogens with zero attached hydrogens (tertiary/aromatic N) is 4. The lowest BCUT2D eigenvalue weighted by Crippen LogP contribution is -2.06. The van der Waals surface area contributed by atoms with E-state index < -0.39 is 0 Å². The Bertz CT molecular complexity index is 769. The van der Waals surface area contributed by atoms with Gasteiger partial charge in [0.15, 0.2) is 0 Å². The Labute approximate surface area is 137 Å². The molecule has 0 aliphatic carbocycles. The molecule has 0 atom stereocenters. The monoisotopic (exact) mass is 309 g/mol. The van der Waals surface area contributed by atoms with Crippen LogP contribution in [0.1, 0.15) is 36.7 Å². The molecule has 0 unspecified atom stereocenters. The maximum Gasteiger partial charge on any atom is 0.111 e. The second-order valence-electron chi connectivity index (χ2n) is 6.14. The highest BCUT2D eigenvalue weighted by Crippen LogP contribution is 2.17. The quantitative estimate of drug-likeness (QED) is 0.759. The summed E-state index contributed by atoms with van der Waals surface area (Å²) in [5, 5.41) is 7.64. The minimum Gasteiger partial charge on any atom is -0.381 e. The molecule has 0 amide bonds. The zero-order chi connectivity index (χ0) is 16.2. The number of imidazole rings is 1. The van der Waals surface area contributed by atoms with Crippen LogP contribution in [-0.2, 0) is 20.1 Å². The third-order valence-corrected chi connectivity index (χ3v) is 3.80. The molecule has 1 aromatic carbocycles. The average molecular weight is 309 g/mol. The van der Waals surface area contributed by atoms with Crippen LogP contribution in [0.2, 0.25) is 0 Å². The zero-order valence-corrected chi connectivity index (χ0v) is 13.9. The summed E-state index contributed by atoms with van der Waals surface area (Å²) in [7, 11) is 1.93. The Kier molecular flexibility index (Phi) is 4.46. The first-order valence-electron chi connectivity index (χ1n) is 7.93. The average Bonchev–Trinajstić information content (AvgIpc) is 3.14. The molecule has 23 heavy (non-hydrogen) atoms. The van der Waals surface area contributed by atoms with Crippen molar-refractivity contribution in [3.63, 3.8) is 0 Å². The number of anilines is 1. The number of hydrogen-bond donors (Lipinski definition) is 1. The molecule has 2 heterocycles. The lowest BCUT2D eigenvalue weighted by molar-refractivity contribution is 0.670. The molecule has 3 rings (SSSR count). The van der Waals surface area contributed by atoms with E-state index in [2.05, 4.69) is 58.1 Å². The number of aryl methyl sites for hydroxylation is 1. The van der Waals surface area contributed by atoms with E-state index in [4.69, 9.17) is 0 Å². The van der Waals surface area contributed by atoms with Crippen molar-refractivity contribution >= 4 is 5.69 Å². The van der Waals surface area contributed by atoms with Crippen molar-refractivity contribution in [1.82, 2.24) is 19.3 Å². The van der Waals surface area contributed by atoms with Gasteiger partial charge >= 0.3 is 0 Å². The van der Waals surface area contributed by atoms with Crippen LogP contribution >= 0.6 is 0 Å². The molecule has 5 nitrogen and oxygen atoms in total. The van der Waals surface area contributed by atoms with Gasteiger partial charge in [0, 0.05) is 55.9 Å². The van der Waals surface area contributed by atoms with Crippen molar-refractivity contribution in [3.05, 3.63) is 66.0 Å². The topological polar surface area (TPSA) is 47.7 Å². The van der Waals surface area contributed by atoms with Crippen molar-refractivity contribution in [3.8, 4) is 0 Å². The number of benzene rings is 1. The van der Waals surface area contributed by atoms with Crippen molar-refractivity contribution in [2.24, 2.45) is 7.05 Å². The Morgan fingerprint density at radius 3 is 2.83 bits per heavy atom. The zero-order valence-electron chi connectivity index (χ0n) is 13.9. The lowest BCUT2D eigenvalue weighted by Gasteiger charge is -2.12. The minimum absolute atomic E-state index is 0.428. The van der Waals surface area contributed by atoms with E-state index in [0.29, 0.717) is 5.92 Å². The molecule has 0 fully saturated rings. The van der Waals surface area contributed by atoms with Gasteiger partial charge in [-0.1, -0.05) is 26.0 Å². The van der Waals surface area contributed by atoms with Gasteiger partial charge in [-0.2, -0.15) is 5.10 Å². The largest absolute Gasteiger partial charge is 0.381 e. The summed E-state index contributed by atoms with van der Waals surface area (Å²) in [6, 6.07) is 8.53. The van der Waals surface area contributed by atoms with Crippen molar-refractivity contribution in [1.29, 1.82) is 0 Å². The summed E-state index contributed by atoms with van der Waals surface area (Å²) >= 11 is 0. The standard InChI is InChI=1S/C18H23N5/c1-14(2)18-19-7-8-23(18)13-15-5-4-6-17(9-15)20-10-16-11-21-22(3)12-16/h4-9,11-12,14,20H,10,13H2,1-3H3. The summed E-state index contributed by atoms with van der Waals surface area (Å²) in [6.07, 6.45) is 7.83. The van der Waals surface area contributed by atoms with Crippen LogP contribution in [0.15, 0.2) is 49.1 Å². The molecular formula is C18H23N5. The van der Waals surface area contributed by atoms with Crippen molar-refractivity contribution in [2.45, 2.75) is 32.9 Å². The van der Waals surface area contributed by atoms with Crippen molar-refractivity contribution < 1.29 is 0 Å². The van der Waals surface area contributed by atoms with Gasteiger partial charge in [0.1, 0.15) is 5.82 Å². The highest BCUT2D eigenvalue weighted by molar-refractivity contribution is 5.46. The molecule has 0 saturated heterocycles. The number of nitrogens with one attached hydrogen (secondary N) is 1. The highest BCUT2D eigenvalue weighted by atomic mass is 15.2. The van der Waals surface area contributed by atoms with Crippen LogP contribution in [0.25, 0.3) is 0 Å². The van der Waals surface area contributed by atoms with E-state index in [1.54, 1.807) is 0 Å². The molecule has 0 radical (unpaired) electrons. The van der Waals surface area contributed by atoms with Crippen LogP contribution in [0, 0.1) is 0 Å². The predicted octanol–water partition coefficient (Wildman–Crippen LogP) is 3.40. The molecule has 1 N–H and O–H groups in total. The predicted molar refractivity (Wildman–Crippen MR) is 92.4 cm³/mol. The molecule has 120 valence electrons. The summed E-state index contributed by atoms with van der Waals surface area (Å²) in [5.41, 5.74) is 3.56. The molecule has 0 saturated carbocycles. The second-order valence-corrected chi connectivity index (χ2v) is 6.14. The molecular weight excluding hydrogens is 286 g/mol. The van der Waals surface area contributed by atoms with E-state index in [0.717, 1.165) is 24.6 Å². The molecule has 5 heteroatoms. The molecule has 0 bridgehead atoms. The fourth-order valence-corrected chi connectivity index (χ4v) is 2.70. The second kappa shape index (κ2) is 6.69. The van der Waals surface area contributed by atoms with Gasteiger partial charge in [-0.25, -0.2) is 4.98 Å². The molecule has 2 aromatic heterocycles. The smallest absolute Gasteiger partial charge is 0.111 e.